The molecule has 0 bridgehead atoms. The maximum Gasteiger partial charge on any atom is 0.280 e. The van der Waals surface area contributed by atoms with E-state index in [0.717, 1.165) is 18.4 Å². The van der Waals surface area contributed by atoms with E-state index in [1.54, 1.807) is 35.1 Å². The summed E-state index contributed by atoms with van der Waals surface area (Å²) in [5.74, 6) is 0.783. The van der Waals surface area contributed by atoms with Crippen molar-refractivity contribution in [1.82, 2.24) is 30.0 Å². The minimum absolute atomic E-state index is 0.0228. The van der Waals surface area contributed by atoms with Crippen molar-refractivity contribution in [3.63, 3.8) is 0 Å². The molecule has 0 N–H and O–H groups in total. The highest BCUT2D eigenvalue weighted by Gasteiger charge is 2.27. The van der Waals surface area contributed by atoms with Crippen LogP contribution in [0, 0.1) is 0 Å². The van der Waals surface area contributed by atoms with Gasteiger partial charge in [-0.1, -0.05) is 58.4 Å². The van der Waals surface area contributed by atoms with E-state index in [4.69, 9.17) is 16.1 Å². The van der Waals surface area contributed by atoms with Crippen LogP contribution < -0.4 is 0 Å². The molecule has 156 valence electrons. The minimum Gasteiger partial charge on any atom is -0.337 e. The average molecular weight is 435 g/mol. The van der Waals surface area contributed by atoms with Crippen molar-refractivity contribution in [2.45, 2.75) is 18.9 Å². The summed E-state index contributed by atoms with van der Waals surface area (Å²) < 4.78 is 7.16. The predicted molar refractivity (Wildman–Crippen MR) is 114 cm³/mol. The Balaban J connectivity index is 1.32. The Morgan fingerprint density at radius 1 is 1.13 bits per heavy atom. The lowest BCUT2D eigenvalue weighted by molar-refractivity contribution is 0.0672. The normalized spacial score (nSPS) is 16.4. The van der Waals surface area contributed by atoms with Gasteiger partial charge in [-0.25, -0.2) is 4.68 Å². The van der Waals surface area contributed by atoms with Gasteiger partial charge < -0.3 is 9.42 Å². The van der Waals surface area contributed by atoms with Gasteiger partial charge in [0.2, 0.25) is 5.82 Å². The molecule has 2 aromatic heterocycles. The second kappa shape index (κ2) is 8.31. The molecule has 0 spiro atoms. The highest BCUT2D eigenvalue weighted by Crippen LogP contribution is 2.25. The highest BCUT2D eigenvalue weighted by molar-refractivity contribution is 6.30. The zero-order valence-corrected chi connectivity index (χ0v) is 17.3. The number of aromatic nitrogens is 5. The second-order valence-electron chi connectivity index (χ2n) is 7.43. The quantitative estimate of drug-likeness (QED) is 0.479. The summed E-state index contributed by atoms with van der Waals surface area (Å²) in [6.45, 7) is 1.25. The standard InChI is InChI=1S/C22H19ClN6O2/c23-17-9-4-8-16(12-17)22(30)28-11-5-10-18(13-28)29-14-19(25-27-29)21-24-20(26-31-21)15-6-2-1-3-7-15/h1-4,6-9,12,14,18H,5,10-11,13H2. The van der Waals surface area contributed by atoms with E-state index >= 15 is 0 Å². The van der Waals surface area contributed by atoms with Crippen molar-refractivity contribution in [2.24, 2.45) is 0 Å². The van der Waals surface area contributed by atoms with Crippen LogP contribution in [0.2, 0.25) is 5.02 Å². The van der Waals surface area contributed by atoms with E-state index in [-0.39, 0.29) is 11.9 Å². The summed E-state index contributed by atoms with van der Waals surface area (Å²) >= 11 is 6.04. The van der Waals surface area contributed by atoms with Crippen LogP contribution in [0.4, 0.5) is 0 Å². The number of piperidine rings is 1. The van der Waals surface area contributed by atoms with Gasteiger partial charge in [-0.05, 0) is 31.0 Å². The molecule has 0 aliphatic carbocycles. The number of carbonyl (C=O) groups is 1. The van der Waals surface area contributed by atoms with Gasteiger partial charge in [-0.2, -0.15) is 4.98 Å². The zero-order chi connectivity index (χ0) is 21.2. The van der Waals surface area contributed by atoms with Crippen molar-refractivity contribution in [1.29, 1.82) is 0 Å². The maximum absolute atomic E-state index is 12.9. The van der Waals surface area contributed by atoms with Crippen molar-refractivity contribution < 1.29 is 9.32 Å². The monoisotopic (exact) mass is 434 g/mol. The fraction of sp³-hybridized carbons (Fsp3) is 0.227. The molecule has 1 aliphatic rings. The molecule has 0 radical (unpaired) electrons. The van der Waals surface area contributed by atoms with Crippen molar-refractivity contribution >= 4 is 17.5 Å². The molecule has 1 saturated heterocycles. The molecule has 1 fully saturated rings. The third-order valence-electron chi connectivity index (χ3n) is 5.32. The molecule has 4 aromatic rings. The molecule has 0 saturated carbocycles. The van der Waals surface area contributed by atoms with E-state index in [1.165, 1.54) is 0 Å². The van der Waals surface area contributed by atoms with Crippen molar-refractivity contribution in [2.75, 3.05) is 13.1 Å². The minimum atomic E-state index is -0.0306. The molecular weight excluding hydrogens is 416 g/mol. The van der Waals surface area contributed by atoms with Crippen molar-refractivity contribution in [3.05, 3.63) is 71.4 Å². The predicted octanol–water partition coefficient (Wildman–Crippen LogP) is 4.13. The van der Waals surface area contributed by atoms with Gasteiger partial charge in [0.25, 0.3) is 11.8 Å². The number of amides is 1. The summed E-state index contributed by atoms with van der Waals surface area (Å²) in [4.78, 5) is 19.1. The van der Waals surface area contributed by atoms with Gasteiger partial charge in [-0.15, -0.1) is 5.10 Å². The number of hydrogen-bond acceptors (Lipinski definition) is 6. The molecule has 8 nitrogen and oxygen atoms in total. The summed E-state index contributed by atoms with van der Waals surface area (Å²) in [5.41, 5.74) is 1.96. The Kier molecular flexibility index (Phi) is 5.21. The first kappa shape index (κ1) is 19.4. The van der Waals surface area contributed by atoms with Gasteiger partial charge in [0.15, 0.2) is 5.69 Å². The van der Waals surface area contributed by atoms with E-state index in [0.29, 0.717) is 41.1 Å². The van der Waals surface area contributed by atoms with E-state index in [1.807, 2.05) is 35.2 Å². The van der Waals surface area contributed by atoms with Crippen LogP contribution in [-0.4, -0.2) is 49.0 Å². The van der Waals surface area contributed by atoms with Gasteiger partial charge in [-0.3, -0.25) is 4.79 Å². The molecule has 5 rings (SSSR count). The van der Waals surface area contributed by atoms with Crippen LogP contribution in [-0.2, 0) is 0 Å². The largest absolute Gasteiger partial charge is 0.337 e. The first-order valence-corrected chi connectivity index (χ1v) is 10.4. The highest BCUT2D eigenvalue weighted by atomic mass is 35.5. The van der Waals surface area contributed by atoms with Gasteiger partial charge in [0.05, 0.1) is 12.2 Å². The molecule has 9 heteroatoms. The van der Waals surface area contributed by atoms with Crippen LogP contribution in [0.25, 0.3) is 23.0 Å². The van der Waals surface area contributed by atoms with E-state index < -0.39 is 0 Å². The van der Waals surface area contributed by atoms with E-state index in [9.17, 15) is 4.79 Å². The van der Waals surface area contributed by atoms with Crippen molar-refractivity contribution in [3.8, 4) is 23.0 Å². The number of benzene rings is 2. The molecule has 31 heavy (non-hydrogen) atoms. The Bertz CT molecular complexity index is 1210. The molecular formula is C22H19ClN6O2. The van der Waals surface area contributed by atoms with Gasteiger partial charge in [0.1, 0.15) is 0 Å². The van der Waals surface area contributed by atoms with Crippen LogP contribution in [0.5, 0.6) is 0 Å². The Morgan fingerprint density at radius 2 is 2.00 bits per heavy atom. The van der Waals surface area contributed by atoms with Crippen LogP contribution >= 0.6 is 11.6 Å². The first-order valence-electron chi connectivity index (χ1n) is 10.0. The number of nitrogens with zero attached hydrogens (tertiary/aromatic N) is 6. The van der Waals surface area contributed by atoms with Crippen LogP contribution in [0.1, 0.15) is 29.2 Å². The van der Waals surface area contributed by atoms with E-state index in [2.05, 4.69) is 20.5 Å². The molecule has 2 aromatic carbocycles. The fourth-order valence-electron chi connectivity index (χ4n) is 3.74. The topological polar surface area (TPSA) is 89.9 Å². The first-order chi connectivity index (χ1) is 15.2. The number of hydrogen-bond donors (Lipinski definition) is 0. The smallest absolute Gasteiger partial charge is 0.280 e. The maximum atomic E-state index is 12.9. The number of likely N-dealkylation sites (tertiary alicyclic amines) is 1. The molecule has 1 unspecified atom stereocenters. The molecule has 1 atom stereocenters. The molecule has 1 aliphatic heterocycles. The SMILES string of the molecule is O=C(c1cccc(Cl)c1)N1CCCC(n2cc(-c3nc(-c4ccccc4)no3)nn2)C1. The lowest BCUT2D eigenvalue weighted by Gasteiger charge is -2.32. The van der Waals surface area contributed by atoms with Crippen LogP contribution in [0.15, 0.2) is 65.3 Å². The summed E-state index contributed by atoms with van der Waals surface area (Å²) in [5, 5.41) is 13.0. The Labute approximate surface area is 183 Å². The third kappa shape index (κ3) is 4.06. The lowest BCUT2D eigenvalue weighted by atomic mass is 10.0. The number of rotatable bonds is 4. The number of carbonyl (C=O) groups excluding carboxylic acids is 1. The van der Waals surface area contributed by atoms with Gasteiger partial charge >= 0.3 is 0 Å². The van der Waals surface area contributed by atoms with Crippen LogP contribution in [0.3, 0.4) is 0 Å². The molecule has 3 heterocycles. The number of halogens is 1. The molecule has 1 amide bonds. The fourth-order valence-corrected chi connectivity index (χ4v) is 3.93. The second-order valence-corrected chi connectivity index (χ2v) is 7.87. The lowest BCUT2D eigenvalue weighted by Crippen LogP contribution is -2.40. The summed E-state index contributed by atoms with van der Waals surface area (Å²) in [7, 11) is 0. The average Bonchev–Trinajstić information content (AvgIpc) is 3.49. The third-order valence-corrected chi connectivity index (χ3v) is 5.55. The summed E-state index contributed by atoms with van der Waals surface area (Å²) in [6.07, 6.45) is 3.58. The Morgan fingerprint density at radius 3 is 2.84 bits per heavy atom. The Hall–Kier alpha value is -3.52. The summed E-state index contributed by atoms with van der Waals surface area (Å²) in [6, 6.07) is 16.6. The zero-order valence-electron chi connectivity index (χ0n) is 16.6. The van der Waals surface area contributed by atoms with Gasteiger partial charge in [0, 0.05) is 29.2 Å².